The number of piperidine rings is 1. The van der Waals surface area contributed by atoms with E-state index in [9.17, 15) is 18.0 Å². The summed E-state index contributed by atoms with van der Waals surface area (Å²) < 4.78 is 40.8. The number of pyridine rings is 1. The van der Waals surface area contributed by atoms with Crippen molar-refractivity contribution in [1.29, 1.82) is 0 Å². The third-order valence-electron chi connectivity index (χ3n) is 5.38. The van der Waals surface area contributed by atoms with E-state index >= 15 is 0 Å². The van der Waals surface area contributed by atoms with Crippen LogP contribution in [0.15, 0.2) is 60.9 Å². The fourth-order valence-corrected chi connectivity index (χ4v) is 3.77. The fourth-order valence-electron chi connectivity index (χ4n) is 3.77. The van der Waals surface area contributed by atoms with Crippen LogP contribution in [0, 0.1) is 0 Å². The molecule has 6 nitrogen and oxygen atoms in total. The molecule has 1 unspecified atom stereocenters. The predicted octanol–water partition coefficient (Wildman–Crippen LogP) is 4.35. The van der Waals surface area contributed by atoms with Crippen molar-refractivity contribution in [2.75, 3.05) is 18.0 Å². The molecule has 1 fully saturated rings. The summed E-state index contributed by atoms with van der Waals surface area (Å²) in [6, 6.07) is 12.9. The van der Waals surface area contributed by atoms with Gasteiger partial charge in [-0.2, -0.15) is 13.2 Å². The van der Waals surface area contributed by atoms with Gasteiger partial charge >= 0.3 is 6.18 Å². The number of aromatic nitrogens is 3. The molecule has 0 spiro atoms. The van der Waals surface area contributed by atoms with Crippen molar-refractivity contribution >= 4 is 11.7 Å². The van der Waals surface area contributed by atoms with Crippen molar-refractivity contribution in [3.63, 3.8) is 0 Å². The lowest BCUT2D eigenvalue weighted by Gasteiger charge is -2.37. The van der Waals surface area contributed by atoms with Crippen LogP contribution in [0.2, 0.25) is 0 Å². The summed E-state index contributed by atoms with van der Waals surface area (Å²) in [7, 11) is 0. The number of hydrogen-bond acceptors (Lipinski definition) is 5. The maximum absolute atomic E-state index is 13.6. The lowest BCUT2D eigenvalue weighted by Crippen LogP contribution is -2.47. The van der Waals surface area contributed by atoms with Gasteiger partial charge in [-0.1, -0.05) is 18.2 Å². The highest BCUT2D eigenvalue weighted by atomic mass is 19.4. The van der Waals surface area contributed by atoms with Crippen molar-refractivity contribution in [3.8, 4) is 11.4 Å². The van der Waals surface area contributed by atoms with Crippen LogP contribution in [0.4, 0.5) is 19.0 Å². The Bertz CT molecular complexity index is 1060. The average molecular weight is 441 g/mol. The Balaban J connectivity index is 1.61. The normalized spacial score (nSPS) is 16.6. The first-order valence-electron chi connectivity index (χ1n) is 10.4. The zero-order valence-electron chi connectivity index (χ0n) is 17.2. The molecule has 0 radical (unpaired) electrons. The summed E-state index contributed by atoms with van der Waals surface area (Å²) in [6.45, 7) is 0.855. The van der Waals surface area contributed by atoms with Crippen LogP contribution >= 0.6 is 0 Å². The SMILES string of the molecule is O=C(NCC1CCCCN1c1cc(C(F)(F)F)nc(-c2cccnc2)n1)c1ccccc1. The Hall–Kier alpha value is -3.49. The Morgan fingerprint density at radius 3 is 2.62 bits per heavy atom. The van der Waals surface area contributed by atoms with Crippen molar-refractivity contribution in [1.82, 2.24) is 20.3 Å². The van der Waals surface area contributed by atoms with Crippen LogP contribution in [0.5, 0.6) is 0 Å². The van der Waals surface area contributed by atoms with Crippen LogP contribution < -0.4 is 10.2 Å². The third-order valence-corrected chi connectivity index (χ3v) is 5.38. The lowest BCUT2D eigenvalue weighted by molar-refractivity contribution is -0.141. The van der Waals surface area contributed by atoms with E-state index in [0.29, 0.717) is 24.2 Å². The van der Waals surface area contributed by atoms with E-state index in [2.05, 4.69) is 20.3 Å². The number of halogens is 3. The molecule has 1 saturated heterocycles. The number of anilines is 1. The largest absolute Gasteiger partial charge is 0.433 e. The summed E-state index contributed by atoms with van der Waals surface area (Å²) in [5.41, 5.74) is -0.0556. The van der Waals surface area contributed by atoms with Gasteiger partial charge in [-0.15, -0.1) is 0 Å². The topological polar surface area (TPSA) is 71.0 Å². The molecule has 1 atom stereocenters. The number of benzene rings is 1. The van der Waals surface area contributed by atoms with E-state index in [1.807, 2.05) is 11.0 Å². The molecule has 1 aliphatic heterocycles. The van der Waals surface area contributed by atoms with Crippen LogP contribution in [0.25, 0.3) is 11.4 Å². The number of nitrogens with zero attached hydrogens (tertiary/aromatic N) is 4. The molecule has 1 aromatic carbocycles. The smallest absolute Gasteiger partial charge is 0.352 e. The molecule has 1 N–H and O–H groups in total. The quantitative estimate of drug-likeness (QED) is 0.638. The minimum atomic E-state index is -4.61. The molecule has 1 amide bonds. The van der Waals surface area contributed by atoms with E-state index in [1.165, 1.54) is 12.4 Å². The highest BCUT2D eigenvalue weighted by Crippen LogP contribution is 2.33. The maximum Gasteiger partial charge on any atom is 0.433 e. The first kappa shape index (κ1) is 21.7. The summed E-state index contributed by atoms with van der Waals surface area (Å²) in [5.74, 6) is -0.0451. The van der Waals surface area contributed by atoms with Gasteiger partial charge in [-0.25, -0.2) is 9.97 Å². The zero-order chi connectivity index (χ0) is 22.6. The third kappa shape index (κ3) is 5.04. The van der Waals surface area contributed by atoms with Gasteiger partial charge in [-0.3, -0.25) is 9.78 Å². The first-order valence-corrected chi connectivity index (χ1v) is 10.4. The predicted molar refractivity (Wildman–Crippen MR) is 114 cm³/mol. The molecule has 3 aromatic rings. The average Bonchev–Trinajstić information content (AvgIpc) is 2.83. The minimum absolute atomic E-state index is 0.0273. The van der Waals surface area contributed by atoms with Crippen molar-refractivity contribution in [2.45, 2.75) is 31.5 Å². The van der Waals surface area contributed by atoms with Gasteiger partial charge in [0.25, 0.3) is 5.91 Å². The van der Waals surface area contributed by atoms with E-state index < -0.39 is 11.9 Å². The summed E-state index contributed by atoms with van der Waals surface area (Å²) in [6.07, 6.45) is 0.858. The molecule has 4 rings (SSSR count). The van der Waals surface area contributed by atoms with E-state index in [4.69, 9.17) is 0 Å². The number of nitrogens with one attached hydrogen (secondary N) is 1. The molecule has 9 heteroatoms. The van der Waals surface area contributed by atoms with Crippen LogP contribution in [0.3, 0.4) is 0 Å². The minimum Gasteiger partial charge on any atom is -0.352 e. The van der Waals surface area contributed by atoms with Gasteiger partial charge in [0.15, 0.2) is 11.5 Å². The summed E-state index contributed by atoms with van der Waals surface area (Å²) in [4.78, 5) is 26.4. The van der Waals surface area contributed by atoms with Crippen LogP contribution in [-0.4, -0.2) is 40.0 Å². The number of carbonyl (C=O) groups excluding carboxylic acids is 1. The van der Waals surface area contributed by atoms with Crippen LogP contribution in [-0.2, 0) is 6.18 Å². The maximum atomic E-state index is 13.6. The standard InChI is InChI=1S/C23H22F3N5O/c24-23(25,26)19-13-20(30-21(29-19)17-9-6-11-27-14-17)31-12-5-4-10-18(31)15-28-22(32)16-7-2-1-3-8-16/h1-3,6-9,11,13-14,18H,4-5,10,12,15H2,(H,28,32). The molecular weight excluding hydrogens is 419 g/mol. The zero-order valence-corrected chi connectivity index (χ0v) is 17.2. The number of amides is 1. The molecule has 0 saturated carbocycles. The molecule has 166 valence electrons. The van der Waals surface area contributed by atoms with E-state index in [-0.39, 0.29) is 23.6 Å². The summed E-state index contributed by atoms with van der Waals surface area (Å²) in [5, 5.41) is 2.90. The highest BCUT2D eigenvalue weighted by molar-refractivity contribution is 5.94. The number of carbonyl (C=O) groups is 1. The number of rotatable bonds is 5. The lowest BCUT2D eigenvalue weighted by atomic mass is 10.0. The Kier molecular flexibility index (Phi) is 6.34. The molecule has 1 aliphatic rings. The number of hydrogen-bond donors (Lipinski definition) is 1. The molecule has 2 aromatic heterocycles. The van der Waals surface area contributed by atoms with Gasteiger partial charge in [0.2, 0.25) is 0 Å². The van der Waals surface area contributed by atoms with Crippen LogP contribution in [0.1, 0.15) is 35.3 Å². The molecular formula is C23H22F3N5O. The van der Waals surface area contributed by atoms with Crippen molar-refractivity contribution < 1.29 is 18.0 Å². The Morgan fingerprint density at radius 2 is 1.91 bits per heavy atom. The van der Waals surface area contributed by atoms with Gasteiger partial charge in [0, 0.05) is 48.7 Å². The van der Waals surface area contributed by atoms with Gasteiger partial charge < -0.3 is 10.2 Å². The van der Waals surface area contributed by atoms with Gasteiger partial charge in [-0.05, 0) is 43.5 Å². The fraction of sp³-hybridized carbons (Fsp3) is 0.304. The molecule has 32 heavy (non-hydrogen) atoms. The molecule has 0 bridgehead atoms. The van der Waals surface area contributed by atoms with Crippen molar-refractivity contribution in [2.24, 2.45) is 0 Å². The Labute approximate surface area is 183 Å². The van der Waals surface area contributed by atoms with E-state index in [1.54, 1.807) is 36.4 Å². The van der Waals surface area contributed by atoms with Crippen molar-refractivity contribution in [3.05, 3.63) is 72.2 Å². The van der Waals surface area contributed by atoms with Gasteiger partial charge in [0.05, 0.1) is 0 Å². The summed E-state index contributed by atoms with van der Waals surface area (Å²) >= 11 is 0. The second-order valence-corrected chi connectivity index (χ2v) is 7.59. The van der Waals surface area contributed by atoms with Gasteiger partial charge in [0.1, 0.15) is 5.82 Å². The second kappa shape index (κ2) is 9.33. The molecule has 0 aliphatic carbocycles. The number of alkyl halides is 3. The monoisotopic (exact) mass is 441 g/mol. The second-order valence-electron chi connectivity index (χ2n) is 7.59. The molecule has 3 heterocycles. The Morgan fingerprint density at radius 1 is 1.09 bits per heavy atom. The first-order chi connectivity index (χ1) is 15.4. The van der Waals surface area contributed by atoms with E-state index in [0.717, 1.165) is 25.3 Å². The highest BCUT2D eigenvalue weighted by Gasteiger charge is 2.35.